The van der Waals surface area contributed by atoms with E-state index < -0.39 is 11.2 Å². The summed E-state index contributed by atoms with van der Waals surface area (Å²) in [5, 5.41) is 12.4. The van der Waals surface area contributed by atoms with E-state index >= 15 is 0 Å². The van der Waals surface area contributed by atoms with Crippen LogP contribution >= 0.6 is 11.6 Å². The zero-order valence-corrected chi connectivity index (χ0v) is 21.6. The lowest BCUT2D eigenvalue weighted by Crippen LogP contribution is -2.55. The van der Waals surface area contributed by atoms with Gasteiger partial charge in [0.2, 0.25) is 5.91 Å². The number of benzene rings is 2. The SMILES string of the molecule is Cc1c(CC(=O)N2CC[C@@]3(O)CCCC[C@H]3C2)c(=O)oc2c(C)c(OCc3cccc(Cl)c3)ccc12. The molecule has 6 nitrogen and oxygen atoms in total. The Balaban J connectivity index is 1.35. The number of hydrogen-bond acceptors (Lipinski definition) is 5. The highest BCUT2D eigenvalue weighted by Gasteiger charge is 2.43. The summed E-state index contributed by atoms with van der Waals surface area (Å²) in [4.78, 5) is 28.0. The molecule has 1 aromatic heterocycles. The van der Waals surface area contributed by atoms with E-state index in [1.807, 2.05) is 55.1 Å². The highest BCUT2D eigenvalue weighted by molar-refractivity contribution is 6.30. The minimum absolute atomic E-state index is 0.00131. The van der Waals surface area contributed by atoms with Crippen molar-refractivity contribution < 1.29 is 19.1 Å². The van der Waals surface area contributed by atoms with Gasteiger partial charge in [-0.15, -0.1) is 0 Å². The van der Waals surface area contributed by atoms with Gasteiger partial charge in [0, 0.05) is 35.0 Å². The van der Waals surface area contributed by atoms with Gasteiger partial charge in [0.15, 0.2) is 0 Å². The van der Waals surface area contributed by atoms with Crippen LogP contribution in [0.1, 0.15) is 54.4 Å². The Labute approximate surface area is 215 Å². The molecule has 2 aliphatic rings. The van der Waals surface area contributed by atoms with Crippen molar-refractivity contribution in [1.29, 1.82) is 0 Å². The predicted octanol–water partition coefficient (Wildman–Crippen LogP) is 5.34. The number of carbonyl (C=O) groups excluding carboxylic acids is 1. The number of rotatable bonds is 5. The van der Waals surface area contributed by atoms with Crippen LogP contribution in [0.5, 0.6) is 5.75 Å². The minimum atomic E-state index is -0.642. The van der Waals surface area contributed by atoms with Crippen molar-refractivity contribution in [1.82, 2.24) is 4.90 Å². The van der Waals surface area contributed by atoms with Crippen molar-refractivity contribution in [2.45, 2.75) is 64.6 Å². The van der Waals surface area contributed by atoms with Crippen LogP contribution in [0.25, 0.3) is 11.0 Å². The van der Waals surface area contributed by atoms with E-state index in [0.29, 0.717) is 48.0 Å². The summed E-state index contributed by atoms with van der Waals surface area (Å²) in [5.41, 5.74) is 2.17. The molecule has 2 aromatic carbocycles. The number of ether oxygens (including phenoxy) is 1. The molecule has 3 aromatic rings. The molecule has 7 heteroatoms. The summed E-state index contributed by atoms with van der Waals surface area (Å²) < 4.78 is 11.7. The monoisotopic (exact) mass is 509 g/mol. The second kappa shape index (κ2) is 9.91. The first kappa shape index (κ1) is 24.8. The maximum absolute atomic E-state index is 13.2. The largest absolute Gasteiger partial charge is 0.488 e. The van der Waals surface area contributed by atoms with Gasteiger partial charge >= 0.3 is 5.63 Å². The first-order valence-corrected chi connectivity index (χ1v) is 13.1. The second-order valence-electron chi connectivity index (χ2n) is 10.3. The molecular formula is C29H32ClNO5. The fourth-order valence-corrected chi connectivity index (χ4v) is 5.99. The number of carbonyl (C=O) groups is 1. The topological polar surface area (TPSA) is 80.0 Å². The number of likely N-dealkylation sites (tertiary alicyclic amines) is 1. The average molecular weight is 510 g/mol. The quantitative estimate of drug-likeness (QED) is 0.470. The lowest BCUT2D eigenvalue weighted by Gasteiger charge is -2.47. The molecule has 1 amide bonds. The first-order valence-electron chi connectivity index (χ1n) is 12.7. The maximum Gasteiger partial charge on any atom is 0.340 e. The zero-order valence-electron chi connectivity index (χ0n) is 20.8. The number of halogens is 1. The molecule has 1 N–H and O–H groups in total. The number of aryl methyl sites for hydroxylation is 2. The molecule has 2 atom stereocenters. The van der Waals surface area contributed by atoms with Crippen molar-refractivity contribution in [3.05, 3.63) is 74.1 Å². The van der Waals surface area contributed by atoms with Gasteiger partial charge in [-0.3, -0.25) is 4.79 Å². The van der Waals surface area contributed by atoms with Crippen molar-refractivity contribution in [2.75, 3.05) is 13.1 Å². The minimum Gasteiger partial charge on any atom is -0.488 e. The number of nitrogens with zero attached hydrogens (tertiary/aromatic N) is 1. The van der Waals surface area contributed by atoms with Gasteiger partial charge in [0.25, 0.3) is 0 Å². The van der Waals surface area contributed by atoms with Crippen LogP contribution < -0.4 is 10.4 Å². The molecule has 2 fully saturated rings. The Hall–Kier alpha value is -2.83. The summed E-state index contributed by atoms with van der Waals surface area (Å²) >= 11 is 6.06. The van der Waals surface area contributed by atoms with Crippen LogP contribution in [0.3, 0.4) is 0 Å². The van der Waals surface area contributed by atoms with E-state index in [1.54, 1.807) is 0 Å². The molecule has 1 aliphatic heterocycles. The summed E-state index contributed by atoms with van der Waals surface area (Å²) in [5.74, 6) is 0.656. The third kappa shape index (κ3) is 4.76. The van der Waals surface area contributed by atoms with Crippen LogP contribution in [0.4, 0.5) is 0 Å². The van der Waals surface area contributed by atoms with Crippen LogP contribution in [-0.2, 0) is 17.8 Å². The van der Waals surface area contributed by atoms with Crippen molar-refractivity contribution in [3.63, 3.8) is 0 Å². The number of aliphatic hydroxyl groups is 1. The lowest BCUT2D eigenvalue weighted by molar-refractivity contribution is -0.142. The van der Waals surface area contributed by atoms with Gasteiger partial charge in [0.05, 0.1) is 17.6 Å². The Kier molecular flexibility index (Phi) is 6.84. The molecular weight excluding hydrogens is 478 g/mol. The van der Waals surface area contributed by atoms with Crippen LogP contribution in [0.15, 0.2) is 45.6 Å². The first-order chi connectivity index (χ1) is 17.2. The van der Waals surface area contributed by atoms with Gasteiger partial charge in [-0.05, 0) is 68.5 Å². The molecule has 0 radical (unpaired) electrons. The lowest BCUT2D eigenvalue weighted by atomic mass is 9.71. The molecule has 0 unspecified atom stereocenters. The summed E-state index contributed by atoms with van der Waals surface area (Å²) in [6.45, 7) is 5.15. The smallest absolute Gasteiger partial charge is 0.340 e. The molecule has 1 saturated carbocycles. The van der Waals surface area contributed by atoms with E-state index in [2.05, 4.69) is 0 Å². The van der Waals surface area contributed by atoms with Crippen LogP contribution in [-0.4, -0.2) is 34.6 Å². The van der Waals surface area contributed by atoms with Crippen molar-refractivity contribution in [2.24, 2.45) is 5.92 Å². The highest BCUT2D eigenvalue weighted by Crippen LogP contribution is 2.40. The number of hydrogen-bond donors (Lipinski definition) is 1. The second-order valence-corrected chi connectivity index (χ2v) is 10.7. The zero-order chi connectivity index (χ0) is 25.4. The van der Waals surface area contributed by atoms with E-state index in [4.69, 9.17) is 20.8 Å². The summed E-state index contributed by atoms with van der Waals surface area (Å²) in [7, 11) is 0. The standard InChI is InChI=1S/C29H32ClNO5/c1-18-23-9-10-25(35-17-20-6-5-8-22(30)14-20)19(2)27(23)36-28(33)24(18)15-26(32)31-13-12-29(34)11-4-3-7-21(29)16-31/h5-6,8-10,14,21,34H,3-4,7,11-13,15-17H2,1-2H3/t21-,29-/m0/s1. The Bertz CT molecular complexity index is 1370. The van der Waals surface area contributed by atoms with Gasteiger partial charge in [0.1, 0.15) is 17.9 Å². The van der Waals surface area contributed by atoms with Gasteiger partial charge in [-0.25, -0.2) is 4.79 Å². The molecule has 36 heavy (non-hydrogen) atoms. The van der Waals surface area contributed by atoms with Crippen LogP contribution in [0.2, 0.25) is 5.02 Å². The highest BCUT2D eigenvalue weighted by atomic mass is 35.5. The molecule has 2 heterocycles. The average Bonchev–Trinajstić information content (AvgIpc) is 2.86. The Morgan fingerprint density at radius 3 is 2.83 bits per heavy atom. The molecule has 0 bridgehead atoms. The molecule has 1 aliphatic carbocycles. The van der Waals surface area contributed by atoms with Gasteiger partial charge in [-0.1, -0.05) is 36.6 Å². The third-order valence-electron chi connectivity index (χ3n) is 8.05. The number of amides is 1. The van der Waals surface area contributed by atoms with Crippen molar-refractivity contribution >= 4 is 28.5 Å². The summed E-state index contributed by atoms with van der Waals surface area (Å²) in [6.07, 6.45) is 4.50. The molecule has 1 saturated heterocycles. The third-order valence-corrected chi connectivity index (χ3v) is 8.28. The number of fused-ring (bicyclic) bond motifs is 2. The normalized spacial score (nSPS) is 21.9. The molecule has 190 valence electrons. The Morgan fingerprint density at radius 2 is 2.03 bits per heavy atom. The predicted molar refractivity (Wildman–Crippen MR) is 140 cm³/mol. The molecule has 0 spiro atoms. The van der Waals surface area contributed by atoms with Gasteiger partial charge in [-0.2, -0.15) is 0 Å². The fraction of sp³-hybridized carbons (Fsp3) is 0.448. The van der Waals surface area contributed by atoms with Crippen LogP contribution in [0, 0.1) is 19.8 Å². The fourth-order valence-electron chi connectivity index (χ4n) is 5.78. The van der Waals surface area contributed by atoms with Gasteiger partial charge < -0.3 is 19.2 Å². The van der Waals surface area contributed by atoms with Crippen molar-refractivity contribution in [3.8, 4) is 5.75 Å². The van der Waals surface area contributed by atoms with E-state index in [1.165, 1.54) is 0 Å². The summed E-state index contributed by atoms with van der Waals surface area (Å²) in [6, 6.07) is 11.2. The van der Waals surface area contributed by atoms with E-state index in [0.717, 1.165) is 47.8 Å². The van der Waals surface area contributed by atoms with E-state index in [9.17, 15) is 14.7 Å². The molecule has 5 rings (SSSR count). The Morgan fingerprint density at radius 1 is 1.19 bits per heavy atom. The van der Waals surface area contributed by atoms with E-state index in [-0.39, 0.29) is 18.2 Å². The number of piperidine rings is 1. The maximum atomic E-state index is 13.2.